The Morgan fingerprint density at radius 2 is 2.47 bits per heavy atom. The van der Waals surface area contributed by atoms with E-state index in [-0.39, 0.29) is 5.78 Å². The fraction of sp³-hybridized carbons (Fsp3) is 0.222. The van der Waals surface area contributed by atoms with Gasteiger partial charge in [-0.2, -0.15) is 5.10 Å². The normalized spacial score (nSPS) is 10.5. The summed E-state index contributed by atoms with van der Waals surface area (Å²) in [5, 5.41) is 6.64. The van der Waals surface area contributed by atoms with Gasteiger partial charge >= 0.3 is 0 Å². The van der Waals surface area contributed by atoms with Crippen LogP contribution in [-0.2, 0) is 6.54 Å². The van der Waals surface area contributed by atoms with Gasteiger partial charge in [-0.15, -0.1) is 11.3 Å². The molecular formula is C9H10N4OS. The van der Waals surface area contributed by atoms with Crippen molar-refractivity contribution in [2.45, 2.75) is 13.5 Å². The van der Waals surface area contributed by atoms with Gasteiger partial charge in [0.1, 0.15) is 10.7 Å². The number of hydrogen-bond acceptors (Lipinski definition) is 5. The topological polar surface area (TPSA) is 73.8 Å². The number of anilines is 1. The summed E-state index contributed by atoms with van der Waals surface area (Å²) in [5.41, 5.74) is 6.66. The lowest BCUT2D eigenvalue weighted by Gasteiger charge is -1.95. The number of rotatable bonds is 3. The zero-order valence-corrected chi connectivity index (χ0v) is 8.99. The Kier molecular flexibility index (Phi) is 2.51. The summed E-state index contributed by atoms with van der Waals surface area (Å²) in [5.74, 6) is -0.0162. The third kappa shape index (κ3) is 2.21. The van der Waals surface area contributed by atoms with Gasteiger partial charge in [-0.1, -0.05) is 0 Å². The number of thiazole rings is 1. The van der Waals surface area contributed by atoms with E-state index in [0.29, 0.717) is 17.9 Å². The van der Waals surface area contributed by atoms with Crippen molar-refractivity contribution in [1.29, 1.82) is 0 Å². The lowest BCUT2D eigenvalue weighted by atomic mass is 10.4. The zero-order chi connectivity index (χ0) is 10.8. The van der Waals surface area contributed by atoms with E-state index in [1.807, 2.05) is 0 Å². The number of carbonyl (C=O) groups is 1. The molecule has 0 aliphatic heterocycles. The van der Waals surface area contributed by atoms with E-state index in [1.165, 1.54) is 18.3 Å². The van der Waals surface area contributed by atoms with Crippen molar-refractivity contribution in [2.75, 3.05) is 5.73 Å². The molecule has 0 unspecified atom stereocenters. The van der Waals surface area contributed by atoms with E-state index in [9.17, 15) is 4.79 Å². The number of aromatic nitrogens is 3. The Hall–Kier alpha value is -1.69. The highest BCUT2D eigenvalue weighted by atomic mass is 32.1. The molecule has 0 fully saturated rings. The maximum Gasteiger partial charge on any atom is 0.178 e. The first-order valence-electron chi connectivity index (χ1n) is 4.38. The van der Waals surface area contributed by atoms with E-state index in [2.05, 4.69) is 10.1 Å². The van der Waals surface area contributed by atoms with Gasteiger partial charge in [0.25, 0.3) is 0 Å². The molecule has 5 nitrogen and oxygen atoms in total. The summed E-state index contributed by atoms with van der Waals surface area (Å²) < 4.78 is 1.69. The standard InChI is InChI=1S/C9H10N4OS/c1-6(14)8-5-15-9(12-8)4-13-3-7(10)2-11-13/h2-3,5H,4,10H2,1H3. The Balaban J connectivity index is 2.14. The molecule has 0 aromatic carbocycles. The third-order valence-corrected chi connectivity index (χ3v) is 2.70. The molecule has 0 saturated carbocycles. The van der Waals surface area contributed by atoms with Gasteiger partial charge in [-0.25, -0.2) is 4.98 Å². The summed E-state index contributed by atoms with van der Waals surface area (Å²) in [4.78, 5) is 15.2. The van der Waals surface area contributed by atoms with Gasteiger partial charge < -0.3 is 5.73 Å². The molecule has 0 aliphatic rings. The van der Waals surface area contributed by atoms with Gasteiger partial charge in [0.15, 0.2) is 5.78 Å². The van der Waals surface area contributed by atoms with Crippen LogP contribution in [0.2, 0.25) is 0 Å². The van der Waals surface area contributed by atoms with Crippen LogP contribution in [0, 0.1) is 0 Å². The molecule has 0 amide bonds. The highest BCUT2D eigenvalue weighted by molar-refractivity contribution is 7.09. The molecule has 2 heterocycles. The molecule has 2 aromatic rings. The predicted octanol–water partition coefficient (Wildman–Crippen LogP) is 1.17. The van der Waals surface area contributed by atoms with Crippen LogP contribution in [0.3, 0.4) is 0 Å². The Bertz CT molecular complexity index is 488. The summed E-state index contributed by atoms with van der Waals surface area (Å²) in [6.45, 7) is 2.06. The van der Waals surface area contributed by atoms with Gasteiger partial charge in [0.05, 0.1) is 18.4 Å². The third-order valence-electron chi connectivity index (χ3n) is 1.86. The fourth-order valence-electron chi connectivity index (χ4n) is 1.15. The van der Waals surface area contributed by atoms with Crippen LogP contribution < -0.4 is 5.73 Å². The maximum atomic E-state index is 11.0. The minimum Gasteiger partial charge on any atom is -0.396 e. The molecule has 2 N–H and O–H groups in total. The van der Waals surface area contributed by atoms with E-state index in [4.69, 9.17) is 5.73 Å². The van der Waals surface area contributed by atoms with Crippen LogP contribution in [0.1, 0.15) is 22.4 Å². The van der Waals surface area contributed by atoms with Crippen molar-refractivity contribution in [2.24, 2.45) is 0 Å². The molecule has 78 valence electrons. The highest BCUT2D eigenvalue weighted by Gasteiger charge is 2.06. The van der Waals surface area contributed by atoms with Crippen LogP contribution in [-0.4, -0.2) is 20.5 Å². The fourth-order valence-corrected chi connectivity index (χ4v) is 1.97. The largest absolute Gasteiger partial charge is 0.396 e. The molecule has 15 heavy (non-hydrogen) atoms. The smallest absolute Gasteiger partial charge is 0.178 e. The van der Waals surface area contributed by atoms with Crippen LogP contribution in [0.25, 0.3) is 0 Å². The summed E-state index contributed by atoms with van der Waals surface area (Å²) >= 11 is 1.45. The number of nitrogen functional groups attached to an aromatic ring is 1. The first-order chi connectivity index (χ1) is 7.15. The molecule has 0 radical (unpaired) electrons. The molecule has 2 rings (SSSR count). The molecule has 6 heteroatoms. The van der Waals surface area contributed by atoms with Crippen LogP contribution in [0.4, 0.5) is 5.69 Å². The lowest BCUT2D eigenvalue weighted by Crippen LogP contribution is -2.00. The van der Waals surface area contributed by atoms with Crippen LogP contribution in [0.15, 0.2) is 17.8 Å². The van der Waals surface area contributed by atoms with Crippen LogP contribution >= 0.6 is 11.3 Å². The number of nitrogens with two attached hydrogens (primary N) is 1. The Labute approximate surface area is 90.6 Å². The zero-order valence-electron chi connectivity index (χ0n) is 8.17. The summed E-state index contributed by atoms with van der Waals surface area (Å²) in [6.07, 6.45) is 3.31. The second kappa shape index (κ2) is 3.82. The second-order valence-corrected chi connectivity index (χ2v) is 4.10. The van der Waals surface area contributed by atoms with E-state index in [0.717, 1.165) is 5.01 Å². The number of ketones is 1. The van der Waals surface area contributed by atoms with Gasteiger partial charge in [0, 0.05) is 18.5 Å². The molecule has 0 aliphatic carbocycles. The van der Waals surface area contributed by atoms with Crippen molar-refractivity contribution >= 4 is 22.8 Å². The summed E-state index contributed by atoms with van der Waals surface area (Å²) in [7, 11) is 0. The van der Waals surface area contributed by atoms with Crippen molar-refractivity contribution in [3.8, 4) is 0 Å². The summed E-state index contributed by atoms with van der Waals surface area (Å²) in [6, 6.07) is 0. The number of Topliss-reactive ketones (excluding diaryl/α,β-unsaturated/α-hetero) is 1. The number of hydrogen-bond donors (Lipinski definition) is 1. The molecule has 0 atom stereocenters. The van der Waals surface area contributed by atoms with E-state index < -0.39 is 0 Å². The average Bonchev–Trinajstić information content (AvgIpc) is 2.76. The van der Waals surface area contributed by atoms with Crippen molar-refractivity contribution < 1.29 is 4.79 Å². The minimum absolute atomic E-state index is 0.0162. The van der Waals surface area contributed by atoms with E-state index >= 15 is 0 Å². The quantitative estimate of drug-likeness (QED) is 0.791. The number of nitrogens with zero attached hydrogens (tertiary/aromatic N) is 3. The monoisotopic (exact) mass is 222 g/mol. The molecule has 2 aromatic heterocycles. The first kappa shape index (κ1) is 9.85. The first-order valence-corrected chi connectivity index (χ1v) is 5.26. The van der Waals surface area contributed by atoms with Gasteiger partial charge in [-0.3, -0.25) is 9.48 Å². The highest BCUT2D eigenvalue weighted by Crippen LogP contribution is 2.12. The molecular weight excluding hydrogens is 212 g/mol. The lowest BCUT2D eigenvalue weighted by molar-refractivity contribution is 0.101. The van der Waals surface area contributed by atoms with Crippen LogP contribution in [0.5, 0.6) is 0 Å². The average molecular weight is 222 g/mol. The molecule has 0 spiro atoms. The van der Waals surface area contributed by atoms with Gasteiger partial charge in [0.2, 0.25) is 0 Å². The Morgan fingerprint density at radius 1 is 1.67 bits per heavy atom. The van der Waals surface area contributed by atoms with Crippen molar-refractivity contribution in [1.82, 2.24) is 14.8 Å². The van der Waals surface area contributed by atoms with Gasteiger partial charge in [-0.05, 0) is 0 Å². The van der Waals surface area contributed by atoms with Crippen molar-refractivity contribution in [3.05, 3.63) is 28.5 Å². The predicted molar refractivity (Wildman–Crippen MR) is 57.9 cm³/mol. The second-order valence-electron chi connectivity index (χ2n) is 3.15. The van der Waals surface area contributed by atoms with Crippen molar-refractivity contribution in [3.63, 3.8) is 0 Å². The maximum absolute atomic E-state index is 11.0. The van der Waals surface area contributed by atoms with E-state index in [1.54, 1.807) is 22.5 Å². The number of carbonyl (C=O) groups excluding carboxylic acids is 1. The molecule has 0 saturated heterocycles. The minimum atomic E-state index is -0.0162. The Morgan fingerprint density at radius 3 is 3.00 bits per heavy atom. The molecule has 0 bridgehead atoms. The SMILES string of the molecule is CC(=O)c1csc(Cn2cc(N)cn2)n1.